The van der Waals surface area contributed by atoms with Crippen LogP contribution in [0.25, 0.3) is 0 Å². The van der Waals surface area contributed by atoms with Crippen LogP contribution in [0, 0.1) is 5.92 Å². The number of nitrogens with zero attached hydrogens (tertiary/aromatic N) is 1. The number of carbonyl (C=O) groups excluding carboxylic acids is 1. The van der Waals surface area contributed by atoms with Gasteiger partial charge >= 0.3 is 0 Å². The maximum Gasteiger partial charge on any atom is 0.156 e. The van der Waals surface area contributed by atoms with Gasteiger partial charge in [0.15, 0.2) is 5.78 Å². The summed E-state index contributed by atoms with van der Waals surface area (Å²) in [7, 11) is 0. The molecule has 0 unspecified atom stereocenters. The molecule has 16 heavy (non-hydrogen) atoms. The van der Waals surface area contributed by atoms with Gasteiger partial charge in [0.25, 0.3) is 0 Å². The SMILES string of the molecule is O=C(C1CC1)C1(N2CCOCC2)CCCC1. The number of carbonyl (C=O) groups is 1. The first-order valence-electron chi connectivity index (χ1n) is 6.70. The minimum absolute atomic E-state index is 0.0784. The van der Waals surface area contributed by atoms with Gasteiger partial charge in [0.05, 0.1) is 18.8 Å². The number of hydrogen-bond acceptors (Lipinski definition) is 3. The Morgan fingerprint density at radius 3 is 2.31 bits per heavy atom. The number of ketones is 1. The molecule has 1 heterocycles. The lowest BCUT2D eigenvalue weighted by Crippen LogP contribution is -2.57. The summed E-state index contributed by atoms with van der Waals surface area (Å²) in [6.07, 6.45) is 6.95. The van der Waals surface area contributed by atoms with E-state index in [2.05, 4.69) is 4.90 Å². The third-order valence-corrected chi connectivity index (χ3v) is 4.45. The lowest BCUT2D eigenvalue weighted by atomic mass is 9.86. The van der Waals surface area contributed by atoms with Gasteiger partial charge in [-0.2, -0.15) is 0 Å². The zero-order valence-electron chi connectivity index (χ0n) is 9.91. The van der Waals surface area contributed by atoms with Gasteiger partial charge in [0.2, 0.25) is 0 Å². The fourth-order valence-electron chi connectivity index (χ4n) is 3.40. The molecule has 3 fully saturated rings. The molecule has 90 valence electrons. The van der Waals surface area contributed by atoms with E-state index in [1.54, 1.807) is 0 Å². The van der Waals surface area contributed by atoms with Crippen molar-refractivity contribution in [2.24, 2.45) is 5.92 Å². The summed E-state index contributed by atoms with van der Waals surface area (Å²) >= 11 is 0. The number of morpholine rings is 1. The van der Waals surface area contributed by atoms with Crippen molar-refractivity contribution in [1.82, 2.24) is 4.90 Å². The van der Waals surface area contributed by atoms with Crippen molar-refractivity contribution in [3.8, 4) is 0 Å². The van der Waals surface area contributed by atoms with E-state index in [0.717, 1.165) is 52.0 Å². The average Bonchev–Trinajstić information content (AvgIpc) is 3.07. The van der Waals surface area contributed by atoms with Crippen LogP contribution in [0.2, 0.25) is 0 Å². The minimum Gasteiger partial charge on any atom is -0.379 e. The molecule has 3 aliphatic rings. The van der Waals surface area contributed by atoms with Crippen LogP contribution < -0.4 is 0 Å². The number of ether oxygens (including phenoxy) is 1. The molecule has 2 aliphatic carbocycles. The molecule has 1 aliphatic heterocycles. The fourth-order valence-corrected chi connectivity index (χ4v) is 3.40. The monoisotopic (exact) mass is 223 g/mol. The molecule has 0 bridgehead atoms. The van der Waals surface area contributed by atoms with Crippen molar-refractivity contribution in [2.75, 3.05) is 26.3 Å². The Labute approximate surface area is 97.1 Å². The van der Waals surface area contributed by atoms with Crippen LogP contribution >= 0.6 is 0 Å². The van der Waals surface area contributed by atoms with E-state index in [9.17, 15) is 4.79 Å². The first-order valence-corrected chi connectivity index (χ1v) is 6.70. The van der Waals surface area contributed by atoms with Crippen LogP contribution in [0.15, 0.2) is 0 Å². The fraction of sp³-hybridized carbons (Fsp3) is 0.923. The minimum atomic E-state index is -0.0784. The quantitative estimate of drug-likeness (QED) is 0.728. The maximum absolute atomic E-state index is 12.5. The van der Waals surface area contributed by atoms with E-state index < -0.39 is 0 Å². The summed E-state index contributed by atoms with van der Waals surface area (Å²) in [6, 6.07) is 0. The van der Waals surface area contributed by atoms with Gasteiger partial charge in [0.1, 0.15) is 0 Å². The molecule has 0 atom stereocenters. The Morgan fingerprint density at radius 2 is 1.75 bits per heavy atom. The second-order valence-corrected chi connectivity index (χ2v) is 5.48. The van der Waals surface area contributed by atoms with Crippen LogP contribution in [-0.2, 0) is 9.53 Å². The number of hydrogen-bond donors (Lipinski definition) is 0. The molecule has 2 saturated carbocycles. The van der Waals surface area contributed by atoms with E-state index in [-0.39, 0.29) is 5.54 Å². The zero-order valence-corrected chi connectivity index (χ0v) is 9.91. The summed E-state index contributed by atoms with van der Waals surface area (Å²) in [5, 5.41) is 0. The number of Topliss-reactive ketones (excluding diaryl/α,β-unsaturated/α-hetero) is 1. The van der Waals surface area contributed by atoms with Crippen molar-refractivity contribution < 1.29 is 9.53 Å². The summed E-state index contributed by atoms with van der Waals surface area (Å²) in [5.41, 5.74) is -0.0784. The molecule has 0 N–H and O–H groups in total. The largest absolute Gasteiger partial charge is 0.379 e. The molecule has 3 heteroatoms. The number of rotatable bonds is 3. The smallest absolute Gasteiger partial charge is 0.156 e. The van der Waals surface area contributed by atoms with Gasteiger partial charge in [-0.25, -0.2) is 0 Å². The standard InChI is InChI=1S/C13H21NO2/c15-12(11-3-4-11)13(5-1-2-6-13)14-7-9-16-10-8-14/h11H,1-10H2. The van der Waals surface area contributed by atoms with Crippen LogP contribution in [-0.4, -0.2) is 42.5 Å². The van der Waals surface area contributed by atoms with Crippen molar-refractivity contribution >= 4 is 5.78 Å². The van der Waals surface area contributed by atoms with Gasteiger partial charge in [-0.3, -0.25) is 9.69 Å². The first-order chi connectivity index (χ1) is 7.83. The van der Waals surface area contributed by atoms with Crippen molar-refractivity contribution in [3.05, 3.63) is 0 Å². The van der Waals surface area contributed by atoms with Crippen LogP contribution in [0.4, 0.5) is 0 Å². The highest BCUT2D eigenvalue weighted by atomic mass is 16.5. The second-order valence-electron chi connectivity index (χ2n) is 5.48. The normalized spacial score (nSPS) is 30.5. The molecular formula is C13H21NO2. The molecule has 0 aromatic carbocycles. The van der Waals surface area contributed by atoms with Crippen molar-refractivity contribution in [1.29, 1.82) is 0 Å². The predicted molar refractivity (Wildman–Crippen MR) is 61.3 cm³/mol. The predicted octanol–water partition coefficient (Wildman–Crippen LogP) is 1.61. The first kappa shape index (κ1) is 10.7. The highest BCUT2D eigenvalue weighted by Gasteiger charge is 2.50. The Morgan fingerprint density at radius 1 is 1.12 bits per heavy atom. The Bertz CT molecular complexity index is 274. The van der Waals surface area contributed by atoms with Gasteiger partial charge in [0, 0.05) is 19.0 Å². The van der Waals surface area contributed by atoms with Gasteiger partial charge in [-0.05, 0) is 25.7 Å². The molecule has 0 amide bonds. The topological polar surface area (TPSA) is 29.5 Å². The highest BCUT2D eigenvalue weighted by molar-refractivity contribution is 5.92. The van der Waals surface area contributed by atoms with E-state index in [1.165, 1.54) is 12.8 Å². The average molecular weight is 223 g/mol. The highest BCUT2D eigenvalue weighted by Crippen LogP contribution is 2.43. The molecule has 0 aromatic heterocycles. The van der Waals surface area contributed by atoms with Crippen LogP contribution in [0.5, 0.6) is 0 Å². The van der Waals surface area contributed by atoms with Gasteiger partial charge in [-0.1, -0.05) is 12.8 Å². The Balaban J connectivity index is 1.80. The molecule has 0 spiro atoms. The zero-order chi connectivity index (χ0) is 11.0. The van der Waals surface area contributed by atoms with Crippen LogP contribution in [0.1, 0.15) is 38.5 Å². The van der Waals surface area contributed by atoms with Crippen molar-refractivity contribution in [3.63, 3.8) is 0 Å². The molecular weight excluding hydrogens is 202 g/mol. The Hall–Kier alpha value is -0.410. The molecule has 3 nitrogen and oxygen atoms in total. The summed E-state index contributed by atoms with van der Waals surface area (Å²) in [5.74, 6) is 0.966. The Kier molecular flexibility index (Phi) is 2.76. The molecule has 0 aromatic rings. The van der Waals surface area contributed by atoms with E-state index in [1.807, 2.05) is 0 Å². The van der Waals surface area contributed by atoms with E-state index >= 15 is 0 Å². The molecule has 3 rings (SSSR count). The van der Waals surface area contributed by atoms with Gasteiger partial charge in [-0.15, -0.1) is 0 Å². The van der Waals surface area contributed by atoms with Crippen molar-refractivity contribution in [2.45, 2.75) is 44.1 Å². The molecule has 1 saturated heterocycles. The second kappa shape index (κ2) is 4.11. The van der Waals surface area contributed by atoms with E-state index in [4.69, 9.17) is 4.74 Å². The third kappa shape index (κ3) is 1.70. The van der Waals surface area contributed by atoms with Crippen LogP contribution in [0.3, 0.4) is 0 Å². The van der Waals surface area contributed by atoms with E-state index in [0.29, 0.717) is 11.7 Å². The van der Waals surface area contributed by atoms with Gasteiger partial charge < -0.3 is 4.74 Å². The lowest BCUT2D eigenvalue weighted by molar-refractivity contribution is -0.135. The maximum atomic E-state index is 12.5. The summed E-state index contributed by atoms with van der Waals surface area (Å²) in [6.45, 7) is 3.52. The summed E-state index contributed by atoms with van der Waals surface area (Å²) in [4.78, 5) is 15.0. The molecule has 0 radical (unpaired) electrons. The summed E-state index contributed by atoms with van der Waals surface area (Å²) < 4.78 is 5.41. The lowest BCUT2D eigenvalue weighted by Gasteiger charge is -2.42. The third-order valence-electron chi connectivity index (χ3n) is 4.45.